The molecule has 0 rings (SSSR count). The van der Waals surface area contributed by atoms with Gasteiger partial charge in [-0.05, 0) is 24.7 Å². The van der Waals surface area contributed by atoms with E-state index in [-0.39, 0.29) is 0 Å². The van der Waals surface area contributed by atoms with Crippen LogP contribution in [0.1, 0.15) is 79.6 Å². The molecular weight excluding hydrogens is 208 g/mol. The van der Waals surface area contributed by atoms with Crippen LogP contribution in [0.4, 0.5) is 0 Å². The van der Waals surface area contributed by atoms with Crippen LogP contribution in [0.2, 0.25) is 0 Å². The van der Waals surface area contributed by atoms with E-state index in [1.165, 1.54) is 38.5 Å². The summed E-state index contributed by atoms with van der Waals surface area (Å²) >= 11 is 0. The Labute approximate surface area is 108 Å². The van der Waals surface area contributed by atoms with Crippen molar-refractivity contribution in [3.8, 4) is 0 Å². The number of hydrogen-bond donors (Lipinski definition) is 0. The van der Waals surface area contributed by atoms with Crippen LogP contribution < -0.4 is 0 Å². The summed E-state index contributed by atoms with van der Waals surface area (Å²) in [4.78, 5) is 11.0. The molecule has 0 aromatic rings. The zero-order valence-corrected chi connectivity index (χ0v) is 12.6. The Balaban J connectivity index is 3.44. The fourth-order valence-corrected chi connectivity index (χ4v) is 2.43. The molecule has 2 unspecified atom stereocenters. The van der Waals surface area contributed by atoms with Crippen LogP contribution in [0.15, 0.2) is 0 Å². The summed E-state index contributed by atoms with van der Waals surface area (Å²) in [7, 11) is 0. The van der Waals surface area contributed by atoms with Crippen molar-refractivity contribution in [1.82, 2.24) is 0 Å². The second kappa shape index (κ2) is 9.67. The molecule has 0 saturated carbocycles. The summed E-state index contributed by atoms with van der Waals surface area (Å²) in [6, 6.07) is 0. The first-order valence-electron chi connectivity index (χ1n) is 7.41. The molecule has 1 heteroatoms. The molecule has 102 valence electrons. The van der Waals surface area contributed by atoms with Crippen LogP contribution in [0.3, 0.4) is 0 Å². The monoisotopic (exact) mass is 240 g/mol. The molecule has 0 heterocycles. The van der Waals surface area contributed by atoms with E-state index in [4.69, 9.17) is 0 Å². The summed E-state index contributed by atoms with van der Waals surface area (Å²) in [6.45, 7) is 10.9. The number of rotatable bonds is 10. The predicted octanol–water partition coefficient (Wildman–Crippen LogP) is 5.23. The van der Waals surface area contributed by atoms with Gasteiger partial charge in [0.15, 0.2) is 0 Å². The predicted molar refractivity (Wildman–Crippen MR) is 76.2 cm³/mol. The number of Topliss-reactive ketones (excluding diaryl/α,β-unsaturated/α-hetero) is 1. The molecule has 0 N–H and O–H groups in total. The lowest BCUT2D eigenvalue weighted by atomic mass is 9.92. The fourth-order valence-electron chi connectivity index (χ4n) is 2.43. The van der Waals surface area contributed by atoms with Crippen LogP contribution in [0, 0.1) is 17.8 Å². The van der Waals surface area contributed by atoms with Gasteiger partial charge in [-0.3, -0.25) is 0 Å². The standard InChI is InChI=1S/C16H32O/c1-13(2)8-6-9-14(3)10-7-11-15(4)12-16(5)17/h13-15H,6-12H2,1-5H3. The molecule has 0 radical (unpaired) electrons. The van der Waals surface area contributed by atoms with Crippen molar-refractivity contribution in [2.24, 2.45) is 17.8 Å². The topological polar surface area (TPSA) is 17.1 Å². The van der Waals surface area contributed by atoms with Crippen LogP contribution in [-0.4, -0.2) is 5.78 Å². The maximum atomic E-state index is 11.0. The normalized spacial score (nSPS) is 14.9. The number of carbonyl (C=O) groups excluding carboxylic acids is 1. The highest BCUT2D eigenvalue weighted by atomic mass is 16.1. The third-order valence-corrected chi connectivity index (χ3v) is 3.51. The minimum absolute atomic E-state index is 0.336. The first-order valence-corrected chi connectivity index (χ1v) is 7.41. The summed E-state index contributed by atoms with van der Waals surface area (Å²) in [5.41, 5.74) is 0. The zero-order chi connectivity index (χ0) is 13.3. The minimum atomic E-state index is 0.336. The fraction of sp³-hybridized carbons (Fsp3) is 0.938. The van der Waals surface area contributed by atoms with Crippen LogP contribution in [0.5, 0.6) is 0 Å². The molecule has 2 atom stereocenters. The smallest absolute Gasteiger partial charge is 0.130 e. The Morgan fingerprint density at radius 1 is 0.824 bits per heavy atom. The number of carbonyl (C=O) groups is 1. The van der Waals surface area contributed by atoms with E-state index < -0.39 is 0 Å². The quantitative estimate of drug-likeness (QED) is 0.510. The third-order valence-electron chi connectivity index (χ3n) is 3.51. The van der Waals surface area contributed by atoms with Crippen molar-refractivity contribution < 1.29 is 4.79 Å². The SMILES string of the molecule is CC(=O)CC(C)CCCC(C)CCCC(C)C. The van der Waals surface area contributed by atoms with Gasteiger partial charge in [-0.2, -0.15) is 0 Å². The molecule has 0 amide bonds. The van der Waals surface area contributed by atoms with Crippen LogP contribution in [0.25, 0.3) is 0 Å². The van der Waals surface area contributed by atoms with Gasteiger partial charge >= 0.3 is 0 Å². The summed E-state index contributed by atoms with van der Waals surface area (Å²) in [6.07, 6.45) is 8.72. The third kappa shape index (κ3) is 11.9. The van der Waals surface area contributed by atoms with Gasteiger partial charge in [0.1, 0.15) is 5.78 Å². The second-order valence-electron chi connectivity index (χ2n) is 6.37. The molecule has 0 aromatic carbocycles. The van der Waals surface area contributed by atoms with Crippen molar-refractivity contribution in [2.75, 3.05) is 0 Å². The maximum absolute atomic E-state index is 11.0. The molecule has 0 aliphatic heterocycles. The lowest BCUT2D eigenvalue weighted by Crippen LogP contribution is -2.03. The van der Waals surface area contributed by atoms with E-state index in [9.17, 15) is 4.79 Å². The van der Waals surface area contributed by atoms with E-state index >= 15 is 0 Å². The van der Waals surface area contributed by atoms with Crippen molar-refractivity contribution in [3.63, 3.8) is 0 Å². The Bertz CT molecular complexity index is 196. The molecular formula is C16H32O. The van der Waals surface area contributed by atoms with Gasteiger partial charge < -0.3 is 4.79 Å². The van der Waals surface area contributed by atoms with Crippen LogP contribution >= 0.6 is 0 Å². The maximum Gasteiger partial charge on any atom is 0.130 e. The minimum Gasteiger partial charge on any atom is -0.300 e. The van der Waals surface area contributed by atoms with Gasteiger partial charge in [-0.1, -0.05) is 66.2 Å². The van der Waals surface area contributed by atoms with Gasteiger partial charge in [0.2, 0.25) is 0 Å². The van der Waals surface area contributed by atoms with Crippen LogP contribution in [-0.2, 0) is 4.79 Å². The molecule has 0 aromatic heterocycles. The molecule has 0 spiro atoms. The molecule has 1 nitrogen and oxygen atoms in total. The average Bonchev–Trinajstić information content (AvgIpc) is 2.15. The Hall–Kier alpha value is -0.330. The Morgan fingerprint density at radius 2 is 1.29 bits per heavy atom. The van der Waals surface area contributed by atoms with E-state index in [1.807, 2.05) is 0 Å². The molecule has 0 bridgehead atoms. The highest BCUT2D eigenvalue weighted by Gasteiger charge is 2.07. The van der Waals surface area contributed by atoms with Gasteiger partial charge in [0, 0.05) is 6.42 Å². The summed E-state index contributed by atoms with van der Waals surface area (Å²) < 4.78 is 0. The number of hydrogen-bond acceptors (Lipinski definition) is 1. The molecule has 0 aliphatic carbocycles. The highest BCUT2D eigenvalue weighted by molar-refractivity contribution is 5.75. The lowest BCUT2D eigenvalue weighted by molar-refractivity contribution is -0.117. The second-order valence-corrected chi connectivity index (χ2v) is 6.37. The van der Waals surface area contributed by atoms with E-state index in [2.05, 4.69) is 27.7 Å². The van der Waals surface area contributed by atoms with Gasteiger partial charge in [0.25, 0.3) is 0 Å². The van der Waals surface area contributed by atoms with Crippen molar-refractivity contribution in [3.05, 3.63) is 0 Å². The first kappa shape index (κ1) is 16.7. The largest absolute Gasteiger partial charge is 0.300 e. The van der Waals surface area contributed by atoms with Gasteiger partial charge in [0.05, 0.1) is 0 Å². The van der Waals surface area contributed by atoms with Gasteiger partial charge in [-0.25, -0.2) is 0 Å². The van der Waals surface area contributed by atoms with Crippen molar-refractivity contribution in [1.29, 1.82) is 0 Å². The molecule has 0 fully saturated rings. The Morgan fingerprint density at radius 3 is 1.76 bits per heavy atom. The van der Waals surface area contributed by atoms with Crippen molar-refractivity contribution >= 4 is 5.78 Å². The summed E-state index contributed by atoms with van der Waals surface area (Å²) in [5.74, 6) is 2.62. The lowest BCUT2D eigenvalue weighted by Gasteiger charge is -2.14. The average molecular weight is 240 g/mol. The zero-order valence-electron chi connectivity index (χ0n) is 12.6. The van der Waals surface area contributed by atoms with E-state index in [0.29, 0.717) is 11.7 Å². The Kier molecular flexibility index (Phi) is 9.49. The number of ketones is 1. The summed E-state index contributed by atoms with van der Waals surface area (Å²) in [5, 5.41) is 0. The molecule has 0 saturated heterocycles. The van der Waals surface area contributed by atoms with E-state index in [0.717, 1.165) is 18.3 Å². The highest BCUT2D eigenvalue weighted by Crippen LogP contribution is 2.20. The van der Waals surface area contributed by atoms with E-state index in [1.54, 1.807) is 6.92 Å². The van der Waals surface area contributed by atoms with Crippen molar-refractivity contribution in [2.45, 2.75) is 79.6 Å². The van der Waals surface area contributed by atoms with Gasteiger partial charge in [-0.15, -0.1) is 0 Å². The molecule has 17 heavy (non-hydrogen) atoms. The first-order chi connectivity index (χ1) is 7.91. The molecule has 0 aliphatic rings.